The van der Waals surface area contributed by atoms with Crippen LogP contribution in [0.5, 0.6) is 0 Å². The van der Waals surface area contributed by atoms with Gasteiger partial charge in [-0.25, -0.2) is 4.79 Å². The minimum absolute atomic E-state index is 0.0700. The van der Waals surface area contributed by atoms with Crippen molar-refractivity contribution in [1.82, 2.24) is 10.6 Å². The van der Waals surface area contributed by atoms with Crippen molar-refractivity contribution in [3.63, 3.8) is 0 Å². The van der Waals surface area contributed by atoms with E-state index in [4.69, 9.17) is 4.42 Å². The predicted octanol–water partition coefficient (Wildman–Crippen LogP) is 2.43. The molecule has 0 spiro atoms. The van der Waals surface area contributed by atoms with Crippen LogP contribution < -0.4 is 10.6 Å². The number of furan rings is 1. The van der Waals surface area contributed by atoms with Crippen molar-refractivity contribution in [2.75, 3.05) is 13.2 Å². The summed E-state index contributed by atoms with van der Waals surface area (Å²) in [5, 5.41) is 14.9. The molecule has 3 N–H and O–H groups in total. The van der Waals surface area contributed by atoms with Gasteiger partial charge in [0.15, 0.2) is 4.67 Å². The summed E-state index contributed by atoms with van der Waals surface area (Å²) in [6.07, 6.45) is 2.27. The monoisotopic (exact) mass is 332 g/mol. The van der Waals surface area contributed by atoms with Crippen molar-refractivity contribution in [1.29, 1.82) is 0 Å². The molecule has 0 aromatic carbocycles. The molecule has 5 nitrogen and oxygen atoms in total. The van der Waals surface area contributed by atoms with E-state index in [1.165, 1.54) is 0 Å². The van der Waals surface area contributed by atoms with E-state index in [1.807, 2.05) is 26.0 Å². The summed E-state index contributed by atoms with van der Waals surface area (Å²) in [5.41, 5.74) is -0.563. The summed E-state index contributed by atoms with van der Waals surface area (Å²) in [6, 6.07) is 3.41. The normalized spacial score (nSPS) is 13.9. The fraction of sp³-hybridized carbons (Fsp3) is 0.615. The number of nitrogens with one attached hydrogen (secondary N) is 2. The lowest BCUT2D eigenvalue weighted by molar-refractivity contribution is 0.163. The second-order valence-electron chi connectivity index (χ2n) is 4.81. The number of rotatable bonds is 7. The number of carbonyl (C=O) groups excluding carboxylic acids is 1. The van der Waals surface area contributed by atoms with Gasteiger partial charge < -0.3 is 20.2 Å². The first-order valence-corrected chi connectivity index (χ1v) is 7.19. The molecule has 0 aliphatic heterocycles. The summed E-state index contributed by atoms with van der Waals surface area (Å²) in [7, 11) is 0. The quantitative estimate of drug-likeness (QED) is 0.717. The molecule has 1 aromatic heterocycles. The van der Waals surface area contributed by atoms with Crippen molar-refractivity contribution >= 4 is 22.0 Å². The lowest BCUT2D eigenvalue weighted by atomic mass is 9.98. The summed E-state index contributed by atoms with van der Waals surface area (Å²) in [4.78, 5) is 11.7. The van der Waals surface area contributed by atoms with Gasteiger partial charge in [-0.2, -0.15) is 0 Å². The first-order chi connectivity index (χ1) is 8.99. The highest BCUT2D eigenvalue weighted by molar-refractivity contribution is 9.10. The van der Waals surface area contributed by atoms with Crippen molar-refractivity contribution in [3.05, 3.63) is 22.6 Å². The van der Waals surface area contributed by atoms with Gasteiger partial charge >= 0.3 is 6.03 Å². The largest absolute Gasteiger partial charge is 0.454 e. The molecule has 1 rings (SSSR count). The number of hydrogen-bond acceptors (Lipinski definition) is 3. The molecule has 0 saturated heterocycles. The van der Waals surface area contributed by atoms with Gasteiger partial charge in [0.2, 0.25) is 0 Å². The standard InChI is InChI=1S/C13H21BrN2O3/c1-3-7-13(2,9-17)16-12(18)15-8-6-10-4-5-11(14)19-10/h4-5,17H,3,6-9H2,1-2H3,(H2,15,16,18). The minimum atomic E-state index is -0.563. The van der Waals surface area contributed by atoms with Gasteiger partial charge in [0, 0.05) is 13.0 Å². The van der Waals surface area contributed by atoms with E-state index in [2.05, 4.69) is 26.6 Å². The van der Waals surface area contributed by atoms with Crippen LogP contribution in [-0.4, -0.2) is 29.8 Å². The minimum Gasteiger partial charge on any atom is -0.454 e. The SMILES string of the molecule is CCCC(C)(CO)NC(=O)NCCc1ccc(Br)o1. The second kappa shape index (κ2) is 7.55. The molecule has 2 amide bonds. The maximum Gasteiger partial charge on any atom is 0.315 e. The lowest BCUT2D eigenvalue weighted by Crippen LogP contribution is -2.52. The molecule has 1 heterocycles. The number of hydrogen-bond donors (Lipinski definition) is 3. The number of amides is 2. The van der Waals surface area contributed by atoms with E-state index >= 15 is 0 Å². The van der Waals surface area contributed by atoms with Crippen molar-refractivity contribution in [3.8, 4) is 0 Å². The summed E-state index contributed by atoms with van der Waals surface area (Å²) < 4.78 is 6.01. The average molecular weight is 333 g/mol. The molecular formula is C13H21BrN2O3. The Balaban J connectivity index is 2.31. The van der Waals surface area contributed by atoms with Crippen LogP contribution in [-0.2, 0) is 6.42 Å². The lowest BCUT2D eigenvalue weighted by Gasteiger charge is -2.28. The van der Waals surface area contributed by atoms with E-state index in [9.17, 15) is 9.90 Å². The van der Waals surface area contributed by atoms with Gasteiger partial charge in [-0.1, -0.05) is 13.3 Å². The molecule has 6 heteroatoms. The Bertz CT molecular complexity index is 408. The molecule has 0 saturated carbocycles. The number of carbonyl (C=O) groups is 1. The molecule has 19 heavy (non-hydrogen) atoms. The number of aliphatic hydroxyl groups excluding tert-OH is 1. The third-order valence-electron chi connectivity index (χ3n) is 2.85. The van der Waals surface area contributed by atoms with Gasteiger partial charge in [-0.3, -0.25) is 0 Å². The molecule has 0 aliphatic rings. The predicted molar refractivity (Wildman–Crippen MR) is 77.0 cm³/mol. The highest BCUT2D eigenvalue weighted by atomic mass is 79.9. The topological polar surface area (TPSA) is 74.5 Å². The fourth-order valence-electron chi connectivity index (χ4n) is 1.84. The molecule has 0 radical (unpaired) electrons. The van der Waals surface area contributed by atoms with Crippen LogP contribution in [0.1, 0.15) is 32.4 Å². The molecule has 1 atom stereocenters. The molecule has 1 aromatic rings. The van der Waals surface area contributed by atoms with Crippen molar-refractivity contribution < 1.29 is 14.3 Å². The average Bonchev–Trinajstić information content (AvgIpc) is 2.75. The zero-order chi connectivity index (χ0) is 14.3. The van der Waals surface area contributed by atoms with E-state index in [1.54, 1.807) is 0 Å². The third-order valence-corrected chi connectivity index (χ3v) is 3.28. The third kappa shape index (κ3) is 5.65. The van der Waals surface area contributed by atoms with Crippen molar-refractivity contribution in [2.45, 2.75) is 38.6 Å². The Morgan fingerprint density at radius 2 is 2.26 bits per heavy atom. The molecule has 0 aliphatic carbocycles. The van der Waals surface area contributed by atoms with Crippen LogP contribution in [0.2, 0.25) is 0 Å². The van der Waals surface area contributed by atoms with Crippen LogP contribution in [0, 0.1) is 0 Å². The summed E-state index contributed by atoms with van der Waals surface area (Å²) in [5.74, 6) is 0.811. The van der Waals surface area contributed by atoms with E-state index < -0.39 is 5.54 Å². The van der Waals surface area contributed by atoms with Crippen LogP contribution >= 0.6 is 15.9 Å². The number of urea groups is 1. The molecule has 1 unspecified atom stereocenters. The molecular weight excluding hydrogens is 312 g/mol. The number of halogens is 1. The van der Waals surface area contributed by atoms with Gasteiger partial charge in [0.1, 0.15) is 5.76 Å². The van der Waals surface area contributed by atoms with Gasteiger partial charge in [0.05, 0.1) is 12.1 Å². The Hall–Kier alpha value is -1.01. The zero-order valence-corrected chi connectivity index (χ0v) is 12.9. The first-order valence-electron chi connectivity index (χ1n) is 6.40. The smallest absolute Gasteiger partial charge is 0.315 e. The van der Waals surface area contributed by atoms with Gasteiger partial charge in [-0.15, -0.1) is 0 Å². The summed E-state index contributed by atoms with van der Waals surface area (Å²) in [6.45, 7) is 4.26. The van der Waals surface area contributed by atoms with Crippen LogP contribution in [0.4, 0.5) is 4.79 Å². The fourth-order valence-corrected chi connectivity index (χ4v) is 2.18. The number of aliphatic hydroxyl groups is 1. The Labute approximate surface area is 121 Å². The Kier molecular flexibility index (Phi) is 6.37. The maximum absolute atomic E-state index is 11.7. The second-order valence-corrected chi connectivity index (χ2v) is 5.59. The van der Waals surface area contributed by atoms with E-state index in [0.717, 1.165) is 18.6 Å². The van der Waals surface area contributed by atoms with Gasteiger partial charge in [0.25, 0.3) is 0 Å². The summed E-state index contributed by atoms with van der Waals surface area (Å²) >= 11 is 3.23. The Morgan fingerprint density at radius 1 is 1.53 bits per heavy atom. The van der Waals surface area contributed by atoms with Crippen LogP contribution in [0.3, 0.4) is 0 Å². The zero-order valence-electron chi connectivity index (χ0n) is 11.3. The highest BCUT2D eigenvalue weighted by Crippen LogP contribution is 2.14. The van der Waals surface area contributed by atoms with E-state index in [-0.39, 0.29) is 12.6 Å². The first kappa shape index (κ1) is 16.0. The van der Waals surface area contributed by atoms with Gasteiger partial charge in [-0.05, 0) is 41.4 Å². The molecule has 108 valence electrons. The maximum atomic E-state index is 11.7. The highest BCUT2D eigenvalue weighted by Gasteiger charge is 2.24. The van der Waals surface area contributed by atoms with Crippen molar-refractivity contribution in [2.24, 2.45) is 0 Å². The Morgan fingerprint density at radius 3 is 2.79 bits per heavy atom. The van der Waals surface area contributed by atoms with E-state index in [0.29, 0.717) is 17.6 Å². The van der Waals surface area contributed by atoms with Crippen LogP contribution in [0.25, 0.3) is 0 Å². The molecule has 0 bridgehead atoms. The molecule has 0 fully saturated rings. The van der Waals surface area contributed by atoms with Crippen LogP contribution in [0.15, 0.2) is 21.2 Å².